The normalized spacial score (nSPS) is 23.2. The van der Waals surface area contributed by atoms with E-state index in [2.05, 4.69) is 24.1 Å². The highest BCUT2D eigenvalue weighted by Gasteiger charge is 2.28. The highest BCUT2D eigenvalue weighted by molar-refractivity contribution is 7.19. The standard InChI is InChI=1S/C20H24N2O3S/c1-13-6-5-8-15(14(13)2)21-18(23)12-25-20(24)11-10-19-22-16-7-3-4-9-17(16)26-19/h3-4,7,9-11,13-15H,5-6,8,12H2,1-2H3,(H,21,23)/b11-10+/t13-,14+,15+/m0/s1. The second-order valence-electron chi connectivity index (χ2n) is 6.90. The van der Waals surface area contributed by atoms with Crippen molar-refractivity contribution in [3.8, 4) is 0 Å². The third-order valence-corrected chi connectivity index (χ3v) is 6.07. The highest BCUT2D eigenvalue weighted by atomic mass is 32.1. The molecule has 1 aromatic heterocycles. The molecule has 0 unspecified atom stereocenters. The van der Waals surface area contributed by atoms with Crippen LogP contribution in [0.2, 0.25) is 0 Å². The zero-order chi connectivity index (χ0) is 18.5. The van der Waals surface area contributed by atoms with E-state index < -0.39 is 5.97 Å². The largest absolute Gasteiger partial charge is 0.452 e. The molecule has 1 saturated carbocycles. The van der Waals surface area contributed by atoms with Crippen LogP contribution in [-0.2, 0) is 14.3 Å². The van der Waals surface area contributed by atoms with Gasteiger partial charge in [-0.15, -0.1) is 11.3 Å². The van der Waals surface area contributed by atoms with Gasteiger partial charge in [0, 0.05) is 12.1 Å². The molecule has 1 aliphatic carbocycles. The minimum atomic E-state index is -0.538. The number of carbonyl (C=O) groups excluding carboxylic acids is 2. The van der Waals surface area contributed by atoms with Crippen LogP contribution in [0.4, 0.5) is 0 Å². The van der Waals surface area contributed by atoms with Crippen LogP contribution in [0.3, 0.4) is 0 Å². The molecule has 6 heteroatoms. The van der Waals surface area contributed by atoms with Gasteiger partial charge in [0.15, 0.2) is 6.61 Å². The van der Waals surface area contributed by atoms with Gasteiger partial charge in [-0.25, -0.2) is 9.78 Å². The van der Waals surface area contributed by atoms with Crippen molar-refractivity contribution >= 4 is 39.5 Å². The smallest absolute Gasteiger partial charge is 0.331 e. The number of aromatic nitrogens is 1. The van der Waals surface area contributed by atoms with Crippen molar-refractivity contribution < 1.29 is 14.3 Å². The number of amides is 1. The number of nitrogens with zero attached hydrogens (tertiary/aromatic N) is 1. The maximum Gasteiger partial charge on any atom is 0.331 e. The van der Waals surface area contributed by atoms with Gasteiger partial charge in [0.1, 0.15) is 5.01 Å². The fourth-order valence-electron chi connectivity index (χ4n) is 3.32. The Morgan fingerprint density at radius 3 is 2.92 bits per heavy atom. The summed E-state index contributed by atoms with van der Waals surface area (Å²) in [5.41, 5.74) is 0.903. The zero-order valence-electron chi connectivity index (χ0n) is 15.1. The van der Waals surface area contributed by atoms with Crippen molar-refractivity contribution in [2.24, 2.45) is 11.8 Å². The molecule has 138 valence electrons. The first-order valence-electron chi connectivity index (χ1n) is 9.02. The van der Waals surface area contributed by atoms with Gasteiger partial charge in [0.2, 0.25) is 0 Å². The van der Waals surface area contributed by atoms with Gasteiger partial charge in [0.25, 0.3) is 5.91 Å². The molecule has 3 rings (SSSR count). The molecule has 0 aliphatic heterocycles. The lowest BCUT2D eigenvalue weighted by atomic mass is 9.78. The first kappa shape index (κ1) is 18.6. The van der Waals surface area contributed by atoms with Crippen LogP contribution in [0, 0.1) is 11.8 Å². The Bertz CT molecular complexity index is 781. The highest BCUT2D eigenvalue weighted by Crippen LogP contribution is 2.29. The molecule has 1 fully saturated rings. The third kappa shape index (κ3) is 4.69. The molecule has 2 aromatic rings. The number of nitrogens with one attached hydrogen (secondary N) is 1. The topological polar surface area (TPSA) is 68.3 Å². The lowest BCUT2D eigenvalue weighted by Gasteiger charge is -2.34. The Morgan fingerprint density at radius 1 is 1.31 bits per heavy atom. The maximum atomic E-state index is 12.0. The number of thiazole rings is 1. The van der Waals surface area contributed by atoms with E-state index in [1.807, 2.05) is 24.3 Å². The number of carbonyl (C=O) groups is 2. The monoisotopic (exact) mass is 372 g/mol. The van der Waals surface area contributed by atoms with E-state index in [1.165, 1.54) is 23.8 Å². The summed E-state index contributed by atoms with van der Waals surface area (Å²) in [7, 11) is 0. The lowest BCUT2D eigenvalue weighted by Crippen LogP contribution is -2.45. The molecule has 1 aromatic carbocycles. The Balaban J connectivity index is 1.46. The predicted octanol–water partition coefficient (Wildman–Crippen LogP) is 3.79. The van der Waals surface area contributed by atoms with Crippen LogP contribution in [0.1, 0.15) is 38.1 Å². The van der Waals surface area contributed by atoms with Crippen molar-refractivity contribution in [2.45, 2.75) is 39.2 Å². The summed E-state index contributed by atoms with van der Waals surface area (Å²) < 4.78 is 6.11. The summed E-state index contributed by atoms with van der Waals surface area (Å²) in [6, 6.07) is 7.97. The van der Waals surface area contributed by atoms with Crippen molar-refractivity contribution in [3.63, 3.8) is 0 Å². The molecule has 3 atom stereocenters. The summed E-state index contributed by atoms with van der Waals surface area (Å²) >= 11 is 1.50. The fourth-order valence-corrected chi connectivity index (χ4v) is 4.19. The summed E-state index contributed by atoms with van der Waals surface area (Å²) in [4.78, 5) is 28.3. The number of benzene rings is 1. The van der Waals surface area contributed by atoms with Gasteiger partial charge >= 0.3 is 5.97 Å². The van der Waals surface area contributed by atoms with Gasteiger partial charge in [-0.05, 0) is 36.5 Å². The van der Waals surface area contributed by atoms with E-state index in [0.29, 0.717) is 11.8 Å². The molecule has 1 heterocycles. The zero-order valence-corrected chi connectivity index (χ0v) is 15.9. The number of rotatable bonds is 5. The van der Waals surface area contributed by atoms with Crippen molar-refractivity contribution in [2.75, 3.05) is 6.61 Å². The average Bonchev–Trinajstić information content (AvgIpc) is 3.05. The minimum absolute atomic E-state index is 0.170. The number of hydrogen-bond acceptors (Lipinski definition) is 5. The molecule has 0 bridgehead atoms. The van der Waals surface area contributed by atoms with Crippen LogP contribution in [0.5, 0.6) is 0 Å². The molecule has 26 heavy (non-hydrogen) atoms. The molecule has 1 N–H and O–H groups in total. The minimum Gasteiger partial charge on any atom is -0.452 e. The maximum absolute atomic E-state index is 12.0. The van der Waals surface area contributed by atoms with E-state index in [-0.39, 0.29) is 18.6 Å². The number of para-hydroxylation sites is 1. The first-order valence-corrected chi connectivity index (χ1v) is 9.84. The first-order chi connectivity index (χ1) is 12.5. The van der Waals surface area contributed by atoms with Gasteiger partial charge < -0.3 is 10.1 Å². The van der Waals surface area contributed by atoms with E-state index in [9.17, 15) is 9.59 Å². The third-order valence-electron chi connectivity index (χ3n) is 5.07. The van der Waals surface area contributed by atoms with Gasteiger partial charge in [0.05, 0.1) is 10.2 Å². The molecule has 0 radical (unpaired) electrons. The summed E-state index contributed by atoms with van der Waals surface area (Å²) in [6.07, 6.45) is 6.26. The molecule has 1 amide bonds. The Labute approximate surface area is 157 Å². The SMILES string of the molecule is C[C@@H]1[C@@H](C)CCC[C@H]1NC(=O)COC(=O)/C=C/c1nc2ccccc2s1. The molecular weight excluding hydrogens is 348 g/mol. The summed E-state index contributed by atoms with van der Waals surface area (Å²) in [5, 5.41) is 3.73. The number of ether oxygens (including phenoxy) is 1. The quantitative estimate of drug-likeness (QED) is 0.640. The summed E-state index contributed by atoms with van der Waals surface area (Å²) in [6.45, 7) is 4.14. The molecule has 1 aliphatic rings. The molecule has 0 saturated heterocycles. The van der Waals surface area contributed by atoms with Gasteiger partial charge in [-0.2, -0.15) is 0 Å². The Kier molecular flexibility index (Phi) is 6.04. The molecular formula is C20H24N2O3S. The van der Waals surface area contributed by atoms with Crippen LogP contribution in [0.25, 0.3) is 16.3 Å². The van der Waals surface area contributed by atoms with E-state index >= 15 is 0 Å². The van der Waals surface area contributed by atoms with E-state index in [4.69, 9.17) is 4.74 Å². The second kappa shape index (κ2) is 8.45. The fraction of sp³-hybridized carbons (Fsp3) is 0.450. The van der Waals surface area contributed by atoms with E-state index in [0.717, 1.165) is 28.1 Å². The average molecular weight is 372 g/mol. The second-order valence-corrected chi connectivity index (χ2v) is 7.96. The summed E-state index contributed by atoms with van der Waals surface area (Å²) in [5.74, 6) is 0.276. The van der Waals surface area contributed by atoms with E-state index in [1.54, 1.807) is 6.08 Å². The van der Waals surface area contributed by atoms with Crippen LogP contribution in [0.15, 0.2) is 30.3 Å². The van der Waals surface area contributed by atoms with Crippen LogP contribution in [-0.4, -0.2) is 29.5 Å². The van der Waals surface area contributed by atoms with Gasteiger partial charge in [-0.3, -0.25) is 4.79 Å². The van der Waals surface area contributed by atoms with Crippen molar-refractivity contribution in [3.05, 3.63) is 35.3 Å². The number of fused-ring (bicyclic) bond motifs is 1. The number of esters is 1. The Hall–Kier alpha value is -2.21. The van der Waals surface area contributed by atoms with Gasteiger partial charge in [-0.1, -0.05) is 38.8 Å². The molecule has 0 spiro atoms. The lowest BCUT2D eigenvalue weighted by molar-refractivity contribution is -0.144. The Morgan fingerprint density at radius 2 is 2.12 bits per heavy atom. The predicted molar refractivity (Wildman–Crippen MR) is 104 cm³/mol. The molecule has 5 nitrogen and oxygen atoms in total. The van der Waals surface area contributed by atoms with Crippen LogP contribution >= 0.6 is 11.3 Å². The van der Waals surface area contributed by atoms with Crippen molar-refractivity contribution in [1.29, 1.82) is 0 Å². The van der Waals surface area contributed by atoms with Crippen molar-refractivity contribution in [1.82, 2.24) is 10.3 Å². The van der Waals surface area contributed by atoms with Crippen LogP contribution < -0.4 is 5.32 Å². The number of hydrogen-bond donors (Lipinski definition) is 1.